The largest absolute Gasteiger partial charge is 0.392 e. The second-order valence-corrected chi connectivity index (χ2v) is 6.30. The third kappa shape index (κ3) is 3.27. The first-order valence-corrected chi connectivity index (χ1v) is 7.64. The molecule has 1 aliphatic rings. The average molecular weight is 362 g/mol. The highest BCUT2D eigenvalue weighted by molar-refractivity contribution is 9.10. The molecule has 2 rings (SSSR count). The molecule has 1 saturated heterocycles. The summed E-state index contributed by atoms with van der Waals surface area (Å²) in [5, 5.41) is 0.591. The lowest BCUT2D eigenvalue weighted by molar-refractivity contribution is 0.0680. The number of hydrogen-bond donors (Lipinski definition) is 1. The van der Waals surface area contributed by atoms with Crippen molar-refractivity contribution in [3.63, 3.8) is 0 Å². The van der Waals surface area contributed by atoms with Crippen molar-refractivity contribution in [2.45, 2.75) is 25.3 Å². The van der Waals surface area contributed by atoms with Crippen molar-refractivity contribution in [1.29, 1.82) is 0 Å². The molecule has 0 aromatic heterocycles. The van der Waals surface area contributed by atoms with Crippen molar-refractivity contribution in [3.8, 4) is 0 Å². The van der Waals surface area contributed by atoms with Crippen molar-refractivity contribution in [1.82, 2.24) is 4.90 Å². The fraction of sp³-hybridized carbons (Fsp3) is 0.385. The van der Waals surface area contributed by atoms with Crippen LogP contribution in [0, 0.1) is 0 Å². The molecule has 3 nitrogen and oxygen atoms in total. The maximum Gasteiger partial charge on any atom is 0.255 e. The molecular formula is C13H14BrClN2OS. The van der Waals surface area contributed by atoms with Crippen LogP contribution in [0.4, 0.5) is 0 Å². The Bertz CT molecular complexity index is 523. The van der Waals surface area contributed by atoms with Gasteiger partial charge in [-0.1, -0.05) is 23.8 Å². The molecule has 2 N–H and O–H groups in total. The van der Waals surface area contributed by atoms with E-state index in [9.17, 15) is 4.79 Å². The number of rotatable bonds is 2. The van der Waals surface area contributed by atoms with E-state index in [1.807, 2.05) is 0 Å². The van der Waals surface area contributed by atoms with Crippen molar-refractivity contribution in [2.75, 3.05) is 6.54 Å². The number of benzene rings is 1. The molecule has 1 fully saturated rings. The zero-order chi connectivity index (χ0) is 14.0. The summed E-state index contributed by atoms with van der Waals surface area (Å²) >= 11 is 14.3. The third-order valence-electron chi connectivity index (χ3n) is 3.25. The lowest BCUT2D eigenvalue weighted by Gasteiger charge is -2.35. The Morgan fingerprint density at radius 2 is 2.21 bits per heavy atom. The van der Waals surface area contributed by atoms with Gasteiger partial charge in [-0.05, 0) is 53.4 Å². The first-order chi connectivity index (χ1) is 9.00. The highest BCUT2D eigenvalue weighted by Crippen LogP contribution is 2.26. The van der Waals surface area contributed by atoms with Crippen molar-refractivity contribution in [2.24, 2.45) is 5.73 Å². The van der Waals surface area contributed by atoms with Crippen molar-refractivity contribution < 1.29 is 4.79 Å². The number of carbonyl (C=O) groups excluding carboxylic acids is 1. The summed E-state index contributed by atoms with van der Waals surface area (Å²) in [5.41, 5.74) is 6.33. The van der Waals surface area contributed by atoms with E-state index < -0.39 is 0 Å². The molecule has 1 aromatic rings. The number of halogens is 2. The number of carbonyl (C=O) groups is 1. The second-order valence-electron chi connectivity index (χ2n) is 4.54. The van der Waals surface area contributed by atoms with Crippen LogP contribution in [0.3, 0.4) is 0 Å². The molecule has 102 valence electrons. The standard InChI is InChI=1S/C13H14BrClN2OS/c14-10-7-8(15)4-5-9(10)13(18)17-6-2-1-3-11(17)12(16)19/h4-5,7,11H,1-3,6H2,(H2,16,19). The molecule has 1 amide bonds. The average Bonchev–Trinajstić information content (AvgIpc) is 2.38. The molecule has 1 aromatic carbocycles. The van der Waals surface area contributed by atoms with E-state index in [2.05, 4.69) is 15.9 Å². The Balaban J connectivity index is 2.28. The van der Waals surface area contributed by atoms with Gasteiger partial charge in [-0.25, -0.2) is 0 Å². The van der Waals surface area contributed by atoms with Gasteiger partial charge in [0.25, 0.3) is 5.91 Å². The summed E-state index contributed by atoms with van der Waals surface area (Å²) in [4.78, 5) is 14.7. The van der Waals surface area contributed by atoms with E-state index in [0.29, 0.717) is 26.6 Å². The Morgan fingerprint density at radius 1 is 1.47 bits per heavy atom. The number of thiocarbonyl (C=S) groups is 1. The minimum atomic E-state index is -0.140. The van der Waals surface area contributed by atoms with Crippen LogP contribution in [-0.2, 0) is 0 Å². The summed E-state index contributed by atoms with van der Waals surface area (Å²) < 4.78 is 0.692. The van der Waals surface area contributed by atoms with E-state index in [0.717, 1.165) is 19.3 Å². The molecule has 0 spiro atoms. The first kappa shape index (κ1) is 14.8. The number of hydrogen-bond acceptors (Lipinski definition) is 2. The maximum atomic E-state index is 12.6. The molecule has 0 aliphatic carbocycles. The highest BCUT2D eigenvalue weighted by Gasteiger charge is 2.30. The van der Waals surface area contributed by atoms with Crippen LogP contribution in [0.15, 0.2) is 22.7 Å². The minimum Gasteiger partial charge on any atom is -0.392 e. The topological polar surface area (TPSA) is 46.3 Å². The zero-order valence-corrected chi connectivity index (χ0v) is 13.4. The number of likely N-dealkylation sites (tertiary alicyclic amines) is 1. The first-order valence-electron chi connectivity index (χ1n) is 6.06. The molecule has 1 unspecified atom stereocenters. The van der Waals surface area contributed by atoms with E-state index in [4.69, 9.17) is 29.6 Å². The maximum absolute atomic E-state index is 12.6. The number of piperidine rings is 1. The summed E-state index contributed by atoms with van der Waals surface area (Å²) in [6, 6.07) is 5.01. The van der Waals surface area contributed by atoms with Gasteiger partial charge in [-0.15, -0.1) is 0 Å². The third-order valence-corrected chi connectivity index (χ3v) is 4.42. The summed E-state index contributed by atoms with van der Waals surface area (Å²) in [6.07, 6.45) is 2.87. The Morgan fingerprint density at radius 3 is 2.84 bits per heavy atom. The van der Waals surface area contributed by atoms with Crippen LogP contribution in [0.5, 0.6) is 0 Å². The monoisotopic (exact) mass is 360 g/mol. The Labute approximate surface area is 131 Å². The predicted molar refractivity (Wildman–Crippen MR) is 84.6 cm³/mol. The van der Waals surface area contributed by atoms with Gasteiger partial charge < -0.3 is 10.6 Å². The molecule has 1 aliphatic heterocycles. The summed E-state index contributed by atoms with van der Waals surface area (Å²) in [7, 11) is 0. The fourth-order valence-electron chi connectivity index (χ4n) is 2.29. The predicted octanol–water partition coefficient (Wildman–Crippen LogP) is 3.38. The Hall–Kier alpha value is -0.650. The van der Waals surface area contributed by atoms with Crippen LogP contribution in [-0.4, -0.2) is 28.4 Å². The normalized spacial score (nSPS) is 19.3. The summed E-state index contributed by atoms with van der Waals surface area (Å²) in [6.45, 7) is 0.690. The van der Waals surface area contributed by atoms with Gasteiger partial charge in [-0.3, -0.25) is 4.79 Å². The van der Waals surface area contributed by atoms with Crippen LogP contribution in [0.1, 0.15) is 29.6 Å². The Kier molecular flexibility index (Phi) is 4.81. The van der Waals surface area contributed by atoms with E-state index >= 15 is 0 Å². The van der Waals surface area contributed by atoms with Gasteiger partial charge in [0.15, 0.2) is 0 Å². The molecule has 0 radical (unpaired) electrons. The molecule has 1 heterocycles. The molecule has 1 atom stereocenters. The zero-order valence-electron chi connectivity index (χ0n) is 10.2. The number of nitrogens with zero attached hydrogens (tertiary/aromatic N) is 1. The molecular weight excluding hydrogens is 348 g/mol. The van der Waals surface area contributed by atoms with Gasteiger partial charge in [-0.2, -0.15) is 0 Å². The van der Waals surface area contributed by atoms with Gasteiger partial charge in [0, 0.05) is 16.0 Å². The van der Waals surface area contributed by atoms with Crippen molar-refractivity contribution >= 4 is 50.6 Å². The van der Waals surface area contributed by atoms with Crippen LogP contribution >= 0.6 is 39.7 Å². The lowest BCUT2D eigenvalue weighted by atomic mass is 10.0. The molecule has 6 heteroatoms. The van der Waals surface area contributed by atoms with Gasteiger partial charge in [0.05, 0.1) is 16.6 Å². The van der Waals surface area contributed by atoms with E-state index in [-0.39, 0.29) is 11.9 Å². The smallest absolute Gasteiger partial charge is 0.255 e. The quantitative estimate of drug-likeness (QED) is 0.821. The van der Waals surface area contributed by atoms with Gasteiger partial charge in [0.1, 0.15) is 0 Å². The minimum absolute atomic E-state index is 0.0546. The fourth-order valence-corrected chi connectivity index (χ4v) is 3.39. The highest BCUT2D eigenvalue weighted by atomic mass is 79.9. The van der Waals surface area contributed by atoms with Crippen molar-refractivity contribution in [3.05, 3.63) is 33.3 Å². The number of amides is 1. The molecule has 0 bridgehead atoms. The molecule has 0 saturated carbocycles. The lowest BCUT2D eigenvalue weighted by Crippen LogP contribution is -2.49. The van der Waals surface area contributed by atoms with Crippen LogP contribution < -0.4 is 5.73 Å². The van der Waals surface area contributed by atoms with Crippen LogP contribution in [0.25, 0.3) is 0 Å². The SMILES string of the molecule is NC(=S)C1CCCCN1C(=O)c1ccc(Cl)cc1Br. The number of nitrogens with two attached hydrogens (primary N) is 1. The van der Waals surface area contributed by atoms with Gasteiger partial charge >= 0.3 is 0 Å². The molecule has 19 heavy (non-hydrogen) atoms. The van der Waals surface area contributed by atoms with Gasteiger partial charge in [0.2, 0.25) is 0 Å². The van der Waals surface area contributed by atoms with E-state index in [1.165, 1.54) is 0 Å². The summed E-state index contributed by atoms with van der Waals surface area (Å²) in [5.74, 6) is -0.0546. The van der Waals surface area contributed by atoms with E-state index in [1.54, 1.807) is 23.1 Å². The second kappa shape index (κ2) is 6.20. The van der Waals surface area contributed by atoms with Crippen LogP contribution in [0.2, 0.25) is 5.02 Å².